The van der Waals surface area contributed by atoms with E-state index in [-0.39, 0.29) is 49.2 Å². The lowest BCUT2D eigenvalue weighted by atomic mass is 9.84. The second-order valence-electron chi connectivity index (χ2n) is 7.30. The average molecular weight is 469 g/mol. The molecule has 12 heteroatoms. The molecule has 0 bridgehead atoms. The fourth-order valence-electron chi connectivity index (χ4n) is 3.35. The summed E-state index contributed by atoms with van der Waals surface area (Å²) in [6, 6.07) is 0. The lowest BCUT2D eigenvalue weighted by molar-refractivity contribution is -0.148. The zero-order valence-corrected chi connectivity index (χ0v) is 19.4. The molecule has 4 N–H and O–H groups in total. The first kappa shape index (κ1) is 25.8. The third-order valence-electron chi connectivity index (χ3n) is 4.98. The fourth-order valence-corrected chi connectivity index (χ4v) is 3.35. The van der Waals surface area contributed by atoms with Crippen LogP contribution in [0.15, 0.2) is 22.8 Å². The van der Waals surface area contributed by atoms with E-state index in [0.717, 1.165) is 0 Å². The van der Waals surface area contributed by atoms with Gasteiger partial charge in [0.05, 0.1) is 26.4 Å². The van der Waals surface area contributed by atoms with Crippen molar-refractivity contribution in [1.82, 2.24) is 21.3 Å². The molecular weight excluding hydrogens is 436 g/mol. The van der Waals surface area contributed by atoms with Gasteiger partial charge >= 0.3 is 23.9 Å². The van der Waals surface area contributed by atoms with E-state index >= 15 is 0 Å². The Hall–Kier alpha value is -3.44. The summed E-state index contributed by atoms with van der Waals surface area (Å²) in [6.45, 7) is 8.60. The Labute approximate surface area is 192 Å². The largest absolute Gasteiger partial charge is 0.462 e. The Kier molecular flexibility index (Phi) is 9.37. The number of carbonyl (C=O) groups excluding carboxylic acids is 4. The lowest BCUT2D eigenvalue weighted by Gasteiger charge is -2.44. The van der Waals surface area contributed by atoms with E-state index in [1.807, 2.05) is 0 Å². The van der Waals surface area contributed by atoms with Crippen molar-refractivity contribution in [1.29, 1.82) is 0 Å². The van der Waals surface area contributed by atoms with Crippen LogP contribution in [0.3, 0.4) is 0 Å². The van der Waals surface area contributed by atoms with Crippen LogP contribution in [0.5, 0.6) is 0 Å². The van der Waals surface area contributed by atoms with Crippen LogP contribution in [0.25, 0.3) is 0 Å². The lowest BCUT2D eigenvalue weighted by Crippen LogP contribution is -2.63. The molecule has 0 unspecified atom stereocenters. The summed E-state index contributed by atoms with van der Waals surface area (Å²) in [5, 5.41) is 12.3. The summed E-state index contributed by atoms with van der Waals surface area (Å²) in [4.78, 5) is 49.2. The second-order valence-corrected chi connectivity index (χ2v) is 7.30. The number of hydrogen-bond donors (Lipinski definition) is 4. The molecule has 1 spiro atoms. The normalized spacial score (nSPS) is 19.2. The molecule has 2 aliphatic rings. The van der Waals surface area contributed by atoms with Crippen LogP contribution in [-0.4, -0.2) is 76.5 Å². The first-order chi connectivity index (χ1) is 15.8. The van der Waals surface area contributed by atoms with Crippen molar-refractivity contribution < 1.29 is 38.1 Å². The van der Waals surface area contributed by atoms with Crippen LogP contribution in [0.2, 0.25) is 0 Å². The van der Waals surface area contributed by atoms with Crippen molar-refractivity contribution in [3.63, 3.8) is 0 Å². The van der Waals surface area contributed by atoms with Gasteiger partial charge in [0.25, 0.3) is 0 Å². The monoisotopic (exact) mass is 468 g/mol. The molecular formula is C21H32N4O8. The quantitative estimate of drug-likeness (QED) is 0.114. The van der Waals surface area contributed by atoms with Gasteiger partial charge < -0.3 is 40.2 Å². The molecule has 0 atom stereocenters. The van der Waals surface area contributed by atoms with Crippen LogP contribution in [0.1, 0.15) is 27.7 Å². The van der Waals surface area contributed by atoms with Gasteiger partial charge in [-0.2, -0.15) is 0 Å². The molecule has 0 aromatic carbocycles. The van der Waals surface area contributed by atoms with E-state index < -0.39 is 29.3 Å². The second kappa shape index (κ2) is 12.0. The molecule has 0 saturated carbocycles. The van der Waals surface area contributed by atoms with E-state index in [1.54, 1.807) is 27.7 Å². The fraction of sp³-hybridized carbons (Fsp3) is 0.619. The average Bonchev–Trinajstić information content (AvgIpc) is 2.78. The van der Waals surface area contributed by atoms with Gasteiger partial charge in [0.15, 0.2) is 11.1 Å². The molecule has 184 valence electrons. The van der Waals surface area contributed by atoms with Crippen LogP contribution in [-0.2, 0) is 38.1 Å². The Morgan fingerprint density at radius 2 is 0.818 bits per heavy atom. The highest BCUT2D eigenvalue weighted by molar-refractivity contribution is 6.15. The molecule has 12 nitrogen and oxygen atoms in total. The van der Waals surface area contributed by atoms with E-state index in [9.17, 15) is 19.2 Å². The maximum Gasteiger partial charge on any atom is 0.349 e. The zero-order chi connectivity index (χ0) is 24.4. The van der Waals surface area contributed by atoms with Crippen molar-refractivity contribution in [3.05, 3.63) is 22.8 Å². The minimum Gasteiger partial charge on any atom is -0.462 e. The molecule has 0 amide bonds. The van der Waals surface area contributed by atoms with E-state index in [4.69, 9.17) is 18.9 Å². The molecule has 2 saturated heterocycles. The molecule has 33 heavy (non-hydrogen) atoms. The standard InChI is InChI=1S/C21H32N4O8/c1-5-30-17(26)13(18(27)31-6-2)15-22-9-21(10-23-15)11-24-16(25-12-21)14(19(28)32-7-3)20(29)33-8-4/h22-25H,5-12H2,1-4H3. The third-order valence-corrected chi connectivity index (χ3v) is 4.98. The van der Waals surface area contributed by atoms with Crippen LogP contribution >= 0.6 is 0 Å². The molecule has 0 aromatic heterocycles. The molecule has 0 aromatic rings. The highest BCUT2D eigenvalue weighted by Gasteiger charge is 2.40. The molecule has 0 radical (unpaired) electrons. The molecule has 2 rings (SSSR count). The smallest absolute Gasteiger partial charge is 0.349 e. The molecule has 0 aliphatic carbocycles. The summed E-state index contributed by atoms with van der Waals surface area (Å²) < 4.78 is 20.0. The summed E-state index contributed by atoms with van der Waals surface area (Å²) >= 11 is 0. The van der Waals surface area contributed by atoms with Gasteiger partial charge in [-0.05, 0) is 27.7 Å². The zero-order valence-electron chi connectivity index (χ0n) is 19.4. The number of rotatable bonds is 8. The number of esters is 4. The Bertz CT molecular complexity index is 705. The van der Waals surface area contributed by atoms with Crippen molar-refractivity contribution in [2.45, 2.75) is 27.7 Å². The summed E-state index contributed by atoms with van der Waals surface area (Å²) in [5.41, 5.74) is -0.842. The molecule has 2 aliphatic heterocycles. The number of nitrogens with one attached hydrogen (secondary N) is 4. The van der Waals surface area contributed by atoms with Crippen molar-refractivity contribution >= 4 is 23.9 Å². The minimum absolute atomic E-state index is 0.116. The summed E-state index contributed by atoms with van der Waals surface area (Å²) in [7, 11) is 0. The van der Waals surface area contributed by atoms with E-state index in [2.05, 4.69) is 21.3 Å². The van der Waals surface area contributed by atoms with Crippen LogP contribution in [0.4, 0.5) is 0 Å². The van der Waals surface area contributed by atoms with Crippen molar-refractivity contribution in [2.24, 2.45) is 5.41 Å². The van der Waals surface area contributed by atoms with Crippen molar-refractivity contribution in [3.8, 4) is 0 Å². The van der Waals surface area contributed by atoms with Gasteiger partial charge in [-0.1, -0.05) is 0 Å². The SMILES string of the molecule is CCOC(=O)C(C(=O)OCC)=C1NCC2(CN1)CNC(=C(C(=O)OCC)C(=O)OCC)NC2. The highest BCUT2D eigenvalue weighted by atomic mass is 16.6. The van der Waals surface area contributed by atoms with Crippen LogP contribution < -0.4 is 21.3 Å². The topological polar surface area (TPSA) is 153 Å². The van der Waals surface area contributed by atoms with E-state index in [0.29, 0.717) is 26.2 Å². The van der Waals surface area contributed by atoms with Gasteiger partial charge in [0.2, 0.25) is 0 Å². The Morgan fingerprint density at radius 1 is 0.576 bits per heavy atom. The van der Waals surface area contributed by atoms with Gasteiger partial charge in [0, 0.05) is 31.6 Å². The van der Waals surface area contributed by atoms with E-state index in [1.165, 1.54) is 0 Å². The summed E-state index contributed by atoms with van der Waals surface area (Å²) in [5.74, 6) is -2.64. The predicted molar refractivity (Wildman–Crippen MR) is 115 cm³/mol. The Balaban J connectivity index is 2.17. The number of carbonyl (C=O) groups is 4. The molecule has 2 heterocycles. The van der Waals surface area contributed by atoms with Gasteiger partial charge in [0.1, 0.15) is 11.6 Å². The van der Waals surface area contributed by atoms with Gasteiger partial charge in [-0.25, -0.2) is 19.2 Å². The first-order valence-electron chi connectivity index (χ1n) is 10.9. The highest BCUT2D eigenvalue weighted by Crippen LogP contribution is 2.24. The number of ether oxygens (including phenoxy) is 4. The summed E-state index contributed by atoms with van der Waals surface area (Å²) in [6.07, 6.45) is 0. The minimum atomic E-state index is -0.777. The maximum atomic E-state index is 12.3. The van der Waals surface area contributed by atoms with Gasteiger partial charge in [-0.15, -0.1) is 0 Å². The first-order valence-corrected chi connectivity index (χ1v) is 10.9. The Morgan fingerprint density at radius 3 is 1.03 bits per heavy atom. The van der Waals surface area contributed by atoms with Crippen molar-refractivity contribution in [2.75, 3.05) is 52.6 Å². The predicted octanol–water partition coefficient (Wildman–Crippen LogP) is -0.966. The van der Waals surface area contributed by atoms with Crippen LogP contribution in [0, 0.1) is 5.41 Å². The number of hydrogen-bond acceptors (Lipinski definition) is 12. The maximum absolute atomic E-state index is 12.3. The molecule has 2 fully saturated rings. The third kappa shape index (κ3) is 6.30. The van der Waals surface area contributed by atoms with Gasteiger partial charge in [-0.3, -0.25) is 0 Å².